The maximum atomic E-state index is 12.2. The Morgan fingerprint density at radius 2 is 2.28 bits per heavy atom. The average Bonchev–Trinajstić information content (AvgIpc) is 2.67. The van der Waals surface area contributed by atoms with Gasteiger partial charge in [-0.3, -0.25) is 4.79 Å². The molecule has 1 amide bonds. The van der Waals surface area contributed by atoms with Crippen molar-refractivity contribution in [1.82, 2.24) is 9.47 Å². The van der Waals surface area contributed by atoms with E-state index in [4.69, 9.17) is 21.4 Å². The van der Waals surface area contributed by atoms with Crippen molar-refractivity contribution in [3.8, 4) is 0 Å². The number of halogens is 1. The zero-order chi connectivity index (χ0) is 13.3. The third-order valence-corrected chi connectivity index (χ3v) is 3.03. The largest absolute Gasteiger partial charge is 0.479 e. The zero-order valence-corrected chi connectivity index (χ0v) is 10.6. The maximum Gasteiger partial charge on any atom is 0.334 e. The number of amides is 1. The smallest absolute Gasteiger partial charge is 0.334 e. The van der Waals surface area contributed by atoms with Crippen LogP contribution in [0.25, 0.3) is 0 Å². The molecule has 0 unspecified atom stereocenters. The first-order valence-electron chi connectivity index (χ1n) is 5.44. The number of carboxylic acids is 1. The highest BCUT2D eigenvalue weighted by Crippen LogP contribution is 2.16. The SMILES string of the molecule is Cn1cc(Cl)cc1C(=O)N1CCO[C@H](C(=O)O)C1. The van der Waals surface area contributed by atoms with E-state index in [1.807, 2.05) is 0 Å². The number of nitrogens with zero attached hydrogens (tertiary/aromatic N) is 2. The molecule has 1 atom stereocenters. The standard InChI is InChI=1S/C11H13ClN2O4/c1-13-5-7(12)4-8(13)10(15)14-2-3-18-9(6-14)11(16)17/h4-5,9H,2-3,6H2,1H3,(H,16,17)/t9-/m0/s1. The molecular formula is C11H13ClN2O4. The first-order chi connectivity index (χ1) is 8.49. The summed E-state index contributed by atoms with van der Waals surface area (Å²) in [6, 6.07) is 1.56. The summed E-state index contributed by atoms with van der Waals surface area (Å²) in [5, 5.41) is 9.35. The molecule has 18 heavy (non-hydrogen) atoms. The van der Waals surface area contributed by atoms with E-state index in [2.05, 4.69) is 0 Å². The number of rotatable bonds is 2. The Balaban J connectivity index is 2.14. The summed E-state index contributed by atoms with van der Waals surface area (Å²) in [7, 11) is 1.72. The van der Waals surface area contributed by atoms with Crippen LogP contribution in [0.3, 0.4) is 0 Å². The quantitative estimate of drug-likeness (QED) is 0.856. The summed E-state index contributed by atoms with van der Waals surface area (Å²) in [4.78, 5) is 24.5. The summed E-state index contributed by atoms with van der Waals surface area (Å²) in [6.07, 6.45) is 0.669. The van der Waals surface area contributed by atoms with Gasteiger partial charge in [0.1, 0.15) is 5.69 Å². The number of aliphatic carboxylic acids is 1. The van der Waals surface area contributed by atoms with Gasteiger partial charge in [0, 0.05) is 19.8 Å². The summed E-state index contributed by atoms with van der Waals surface area (Å²) in [5.41, 5.74) is 0.436. The van der Waals surface area contributed by atoms with Crippen LogP contribution < -0.4 is 0 Å². The molecule has 1 saturated heterocycles. The molecule has 2 rings (SSSR count). The summed E-state index contributed by atoms with van der Waals surface area (Å²) >= 11 is 5.82. The molecule has 1 aromatic rings. The number of aromatic nitrogens is 1. The second-order valence-corrected chi connectivity index (χ2v) is 4.54. The summed E-state index contributed by atoms with van der Waals surface area (Å²) in [5.74, 6) is -1.30. The second kappa shape index (κ2) is 4.99. The van der Waals surface area contributed by atoms with Crippen LogP contribution in [0, 0.1) is 0 Å². The van der Waals surface area contributed by atoms with Crippen LogP contribution in [-0.4, -0.2) is 52.3 Å². The third-order valence-electron chi connectivity index (χ3n) is 2.82. The monoisotopic (exact) mass is 272 g/mol. The molecule has 1 N–H and O–H groups in total. The number of hydrogen-bond donors (Lipinski definition) is 1. The molecule has 0 aliphatic carbocycles. The Bertz CT molecular complexity index is 485. The van der Waals surface area contributed by atoms with Gasteiger partial charge in [-0.05, 0) is 6.07 Å². The molecule has 6 nitrogen and oxygen atoms in total. The molecule has 0 aromatic carbocycles. The van der Waals surface area contributed by atoms with Crippen molar-refractivity contribution in [2.75, 3.05) is 19.7 Å². The van der Waals surface area contributed by atoms with Crippen LogP contribution in [0.15, 0.2) is 12.3 Å². The van der Waals surface area contributed by atoms with Gasteiger partial charge in [-0.1, -0.05) is 11.6 Å². The second-order valence-electron chi connectivity index (χ2n) is 4.10. The fraction of sp³-hybridized carbons (Fsp3) is 0.455. The Morgan fingerprint density at radius 3 is 2.83 bits per heavy atom. The van der Waals surface area contributed by atoms with Gasteiger partial charge in [0.2, 0.25) is 0 Å². The fourth-order valence-corrected chi connectivity index (χ4v) is 2.13. The minimum Gasteiger partial charge on any atom is -0.479 e. The van der Waals surface area contributed by atoms with Gasteiger partial charge in [0.25, 0.3) is 5.91 Å². The average molecular weight is 273 g/mol. The Morgan fingerprint density at radius 1 is 1.56 bits per heavy atom. The van der Waals surface area contributed by atoms with Gasteiger partial charge >= 0.3 is 5.97 Å². The number of carbonyl (C=O) groups is 2. The minimum atomic E-state index is -1.06. The topological polar surface area (TPSA) is 71.8 Å². The number of carboxylic acid groups (broad SMARTS) is 1. The molecule has 1 aromatic heterocycles. The highest BCUT2D eigenvalue weighted by molar-refractivity contribution is 6.31. The Hall–Kier alpha value is -1.53. The van der Waals surface area contributed by atoms with E-state index in [0.717, 1.165) is 0 Å². The molecule has 0 spiro atoms. The lowest BCUT2D eigenvalue weighted by Gasteiger charge is -2.30. The van der Waals surface area contributed by atoms with Crippen LogP contribution in [-0.2, 0) is 16.6 Å². The van der Waals surface area contributed by atoms with Crippen LogP contribution in [0.4, 0.5) is 0 Å². The number of morpholine rings is 1. The van der Waals surface area contributed by atoms with E-state index in [1.54, 1.807) is 23.9 Å². The van der Waals surface area contributed by atoms with Crippen molar-refractivity contribution in [3.63, 3.8) is 0 Å². The molecule has 2 heterocycles. The molecule has 98 valence electrons. The predicted molar refractivity (Wildman–Crippen MR) is 63.7 cm³/mol. The van der Waals surface area contributed by atoms with Crippen molar-refractivity contribution >= 4 is 23.5 Å². The summed E-state index contributed by atoms with van der Waals surface area (Å²) in [6.45, 7) is 0.656. The fourth-order valence-electron chi connectivity index (χ4n) is 1.88. The molecule has 1 aliphatic rings. The lowest BCUT2D eigenvalue weighted by Crippen LogP contribution is -2.48. The van der Waals surface area contributed by atoms with Gasteiger partial charge in [-0.25, -0.2) is 4.79 Å². The molecule has 7 heteroatoms. The van der Waals surface area contributed by atoms with Gasteiger partial charge in [-0.2, -0.15) is 0 Å². The highest BCUT2D eigenvalue weighted by Gasteiger charge is 2.30. The number of aryl methyl sites for hydroxylation is 1. The van der Waals surface area contributed by atoms with Crippen molar-refractivity contribution in [2.24, 2.45) is 7.05 Å². The Kier molecular flexibility index (Phi) is 3.58. The van der Waals surface area contributed by atoms with E-state index >= 15 is 0 Å². The minimum absolute atomic E-state index is 0.0525. The van der Waals surface area contributed by atoms with Crippen molar-refractivity contribution < 1.29 is 19.4 Å². The van der Waals surface area contributed by atoms with Gasteiger partial charge < -0.3 is 19.3 Å². The Labute approximate surface area is 109 Å². The number of ether oxygens (including phenoxy) is 1. The van der Waals surface area contributed by atoms with Crippen molar-refractivity contribution in [1.29, 1.82) is 0 Å². The lowest BCUT2D eigenvalue weighted by molar-refractivity contribution is -0.154. The molecule has 1 aliphatic heterocycles. The van der Waals surface area contributed by atoms with Crippen LogP contribution >= 0.6 is 11.6 Å². The molecule has 0 bridgehead atoms. The lowest BCUT2D eigenvalue weighted by atomic mass is 10.2. The summed E-state index contributed by atoms with van der Waals surface area (Å²) < 4.78 is 6.69. The molecule has 1 fully saturated rings. The van der Waals surface area contributed by atoms with Crippen LogP contribution in [0.1, 0.15) is 10.5 Å². The van der Waals surface area contributed by atoms with E-state index in [1.165, 1.54) is 4.90 Å². The van der Waals surface area contributed by atoms with E-state index < -0.39 is 12.1 Å². The van der Waals surface area contributed by atoms with Crippen LogP contribution in [0.2, 0.25) is 5.02 Å². The predicted octanol–water partition coefficient (Wildman–Crippen LogP) is 0.604. The van der Waals surface area contributed by atoms with Crippen LogP contribution in [0.5, 0.6) is 0 Å². The zero-order valence-electron chi connectivity index (χ0n) is 9.80. The normalized spacial score (nSPS) is 19.9. The van der Waals surface area contributed by atoms with Crippen molar-refractivity contribution in [3.05, 3.63) is 23.0 Å². The number of hydrogen-bond acceptors (Lipinski definition) is 3. The molecule has 0 radical (unpaired) electrons. The van der Waals surface area contributed by atoms with Gasteiger partial charge in [-0.15, -0.1) is 0 Å². The van der Waals surface area contributed by atoms with E-state index in [0.29, 0.717) is 17.3 Å². The van der Waals surface area contributed by atoms with Gasteiger partial charge in [0.05, 0.1) is 18.2 Å². The van der Waals surface area contributed by atoms with E-state index in [-0.39, 0.29) is 19.1 Å². The third kappa shape index (κ3) is 2.49. The highest BCUT2D eigenvalue weighted by atomic mass is 35.5. The maximum absolute atomic E-state index is 12.2. The van der Waals surface area contributed by atoms with Crippen molar-refractivity contribution in [2.45, 2.75) is 6.10 Å². The van der Waals surface area contributed by atoms with E-state index in [9.17, 15) is 9.59 Å². The molecular weight excluding hydrogens is 260 g/mol. The van der Waals surface area contributed by atoms with Gasteiger partial charge in [0.15, 0.2) is 6.10 Å². The number of carbonyl (C=O) groups excluding carboxylic acids is 1. The first kappa shape index (κ1) is 12.9. The molecule has 0 saturated carbocycles. The first-order valence-corrected chi connectivity index (χ1v) is 5.82.